The fraction of sp³-hybridized carbons (Fsp3) is 0.0625. The highest BCUT2D eigenvalue weighted by Gasteiger charge is 2.20. The van der Waals surface area contributed by atoms with E-state index in [2.05, 4.69) is 183 Å². The highest BCUT2D eigenvalue weighted by Crippen LogP contribution is 2.39. The minimum absolute atomic E-state index is 0.743. The zero-order valence-corrected chi connectivity index (χ0v) is 41.2. The Morgan fingerprint density at radius 3 is 1.56 bits per heavy atom. The van der Waals surface area contributed by atoms with Gasteiger partial charge in [0.2, 0.25) is 0 Å². The molecule has 0 saturated heterocycles. The van der Waals surface area contributed by atoms with E-state index in [0.29, 0.717) is 0 Å². The third-order valence-corrected chi connectivity index (χ3v) is 12.4. The molecule has 72 heavy (non-hydrogen) atoms. The number of para-hydroxylation sites is 1. The fourth-order valence-corrected chi connectivity index (χ4v) is 8.89. The topological polar surface area (TPSA) is 67.9 Å². The maximum atomic E-state index is 4.86. The minimum atomic E-state index is 0.743. The lowest BCUT2D eigenvalue weighted by Gasteiger charge is -2.29. The van der Waals surface area contributed by atoms with Crippen molar-refractivity contribution in [3.8, 4) is 27.9 Å². The SMILES string of the molecule is C=C/C=C(\C=C)n1nc2ccc(N(/C(=C/C)c3ccccc3C)c3ccc(-c4ccc(-c5ccc(N(/C(C=C)=c6\ccccc6=C)c6ccc7nn(-c8ccccc8)nc7c6)cc5)cc4)cc3)cc2n1.CC. The van der Waals surface area contributed by atoms with E-state index in [4.69, 9.17) is 20.4 Å². The summed E-state index contributed by atoms with van der Waals surface area (Å²) in [5.74, 6) is 0. The molecule has 0 radical (unpaired) electrons. The van der Waals surface area contributed by atoms with Crippen molar-refractivity contribution < 1.29 is 0 Å². The average Bonchev–Trinajstić information content (AvgIpc) is 4.07. The number of anilines is 4. The molecule has 0 amide bonds. The number of benzene rings is 8. The molecule has 8 aromatic carbocycles. The maximum Gasteiger partial charge on any atom is 0.115 e. The highest BCUT2D eigenvalue weighted by molar-refractivity contribution is 5.93. The van der Waals surface area contributed by atoms with E-state index in [1.807, 2.05) is 86.7 Å². The molecule has 0 spiro atoms. The van der Waals surface area contributed by atoms with Crippen LogP contribution in [0.2, 0.25) is 0 Å². The normalized spacial score (nSPS) is 11.9. The van der Waals surface area contributed by atoms with Crippen LogP contribution in [0.5, 0.6) is 0 Å². The van der Waals surface area contributed by atoms with E-state index < -0.39 is 0 Å². The Morgan fingerprint density at radius 2 is 0.986 bits per heavy atom. The Labute approximate surface area is 421 Å². The molecule has 0 bridgehead atoms. The predicted molar refractivity (Wildman–Crippen MR) is 304 cm³/mol. The molecule has 0 saturated carbocycles. The highest BCUT2D eigenvalue weighted by atomic mass is 15.5. The van der Waals surface area contributed by atoms with E-state index in [1.54, 1.807) is 21.7 Å². The van der Waals surface area contributed by atoms with Gasteiger partial charge in [0.15, 0.2) is 0 Å². The lowest BCUT2D eigenvalue weighted by atomic mass is 9.99. The molecule has 0 aliphatic carbocycles. The number of rotatable bonds is 14. The quantitative estimate of drug-likeness (QED) is 0.101. The zero-order chi connectivity index (χ0) is 50.1. The van der Waals surface area contributed by atoms with Crippen LogP contribution >= 0.6 is 0 Å². The van der Waals surface area contributed by atoms with Gasteiger partial charge in [-0.15, -0.1) is 20.4 Å². The number of nitrogens with zero attached hydrogens (tertiary/aromatic N) is 8. The molecule has 8 nitrogen and oxygen atoms in total. The Balaban J connectivity index is 0.00000316. The molecule has 2 aromatic heterocycles. The van der Waals surface area contributed by atoms with Crippen molar-refractivity contribution in [1.82, 2.24) is 30.0 Å². The standard InChI is InChI=1S/C62H50N8.C2H6/c1-7-18-49(8-2)69-63-57-39-37-53(41-59(57)65-69)67(61(9-3)55-23-16-14-19-43(55)5)50-33-29-47(30-34-50)45-25-27-46(28-26-45)48-31-35-51(36-32-48)68(62(10-4)56-24-17-15-20-44(56)6)54-38-40-58-60(42-54)66-70(64-58)52-21-12-11-13-22-52;1-2/h7-42H,1-2,4,6H2,3,5H3;1-2H3/b49-18+,61-9+,62-56+;. The van der Waals surface area contributed by atoms with Crippen molar-refractivity contribution in [2.45, 2.75) is 27.7 Å². The van der Waals surface area contributed by atoms with Crippen LogP contribution < -0.4 is 20.2 Å². The van der Waals surface area contributed by atoms with Crippen molar-refractivity contribution in [3.05, 3.63) is 260 Å². The second-order valence-electron chi connectivity index (χ2n) is 16.8. The molecule has 0 N–H and O–H groups in total. The first kappa shape index (κ1) is 47.7. The fourth-order valence-electron chi connectivity index (χ4n) is 8.89. The van der Waals surface area contributed by atoms with Crippen LogP contribution in [-0.4, -0.2) is 30.0 Å². The average molecular weight is 937 g/mol. The smallest absolute Gasteiger partial charge is 0.115 e. The van der Waals surface area contributed by atoms with E-state index in [9.17, 15) is 0 Å². The van der Waals surface area contributed by atoms with Gasteiger partial charge in [-0.1, -0.05) is 168 Å². The molecule has 2 heterocycles. The lowest BCUT2D eigenvalue weighted by Crippen LogP contribution is -2.31. The number of aromatic nitrogens is 6. The van der Waals surface area contributed by atoms with Crippen LogP contribution in [0.3, 0.4) is 0 Å². The van der Waals surface area contributed by atoms with Gasteiger partial charge >= 0.3 is 0 Å². The van der Waals surface area contributed by atoms with Crippen LogP contribution in [0.25, 0.3) is 73.7 Å². The summed E-state index contributed by atoms with van der Waals surface area (Å²) in [5, 5.41) is 21.1. The molecule has 10 rings (SSSR count). The summed E-state index contributed by atoms with van der Waals surface area (Å²) in [6.07, 6.45) is 9.33. The number of allylic oxidation sites excluding steroid dienone is 5. The van der Waals surface area contributed by atoms with Gasteiger partial charge < -0.3 is 9.80 Å². The number of fused-ring (bicyclic) bond motifs is 2. The monoisotopic (exact) mass is 936 g/mol. The lowest BCUT2D eigenvalue weighted by molar-refractivity contribution is 0.766. The Bertz CT molecular complexity index is 3750. The van der Waals surface area contributed by atoms with Gasteiger partial charge in [0.25, 0.3) is 0 Å². The Hall–Kier alpha value is -9.40. The second kappa shape index (κ2) is 21.5. The predicted octanol–water partition coefficient (Wildman–Crippen LogP) is 14.8. The first-order valence-electron chi connectivity index (χ1n) is 24.1. The molecule has 0 unspecified atom stereocenters. The van der Waals surface area contributed by atoms with Gasteiger partial charge in [0.1, 0.15) is 22.1 Å². The molecule has 8 heteroatoms. The number of hydrogen-bond acceptors (Lipinski definition) is 6. The molecule has 0 aliphatic rings. The van der Waals surface area contributed by atoms with E-state index in [0.717, 1.165) is 106 Å². The summed E-state index contributed by atoms with van der Waals surface area (Å²) in [5.41, 5.74) is 17.4. The summed E-state index contributed by atoms with van der Waals surface area (Å²) < 4.78 is 0. The van der Waals surface area contributed by atoms with Crippen molar-refractivity contribution in [3.63, 3.8) is 0 Å². The third-order valence-electron chi connectivity index (χ3n) is 12.4. The molecule has 0 fully saturated rings. The van der Waals surface area contributed by atoms with Crippen molar-refractivity contribution >= 4 is 68.5 Å². The zero-order valence-electron chi connectivity index (χ0n) is 41.2. The summed E-state index contributed by atoms with van der Waals surface area (Å²) in [6.45, 7) is 24.6. The van der Waals surface area contributed by atoms with Gasteiger partial charge in [-0.3, -0.25) is 0 Å². The first-order valence-corrected chi connectivity index (χ1v) is 24.1. The van der Waals surface area contributed by atoms with Gasteiger partial charge in [-0.05, 0) is 138 Å². The molecule has 0 aliphatic heterocycles. The minimum Gasteiger partial charge on any atom is -0.310 e. The van der Waals surface area contributed by atoms with E-state index in [-0.39, 0.29) is 0 Å². The van der Waals surface area contributed by atoms with Crippen LogP contribution in [0, 0.1) is 6.92 Å². The number of aryl methyl sites for hydroxylation is 1. The summed E-state index contributed by atoms with van der Waals surface area (Å²) in [6, 6.07) is 65.1. The van der Waals surface area contributed by atoms with Gasteiger partial charge in [0.05, 0.1) is 17.1 Å². The van der Waals surface area contributed by atoms with Crippen LogP contribution in [-0.2, 0) is 0 Å². The van der Waals surface area contributed by atoms with Crippen molar-refractivity contribution in [1.29, 1.82) is 0 Å². The maximum absolute atomic E-state index is 4.86. The van der Waals surface area contributed by atoms with Gasteiger partial charge in [-0.25, -0.2) is 0 Å². The van der Waals surface area contributed by atoms with Crippen LogP contribution in [0.1, 0.15) is 31.9 Å². The van der Waals surface area contributed by atoms with Gasteiger partial charge in [0, 0.05) is 39.2 Å². The molecular formula is C64H56N8. The summed E-state index contributed by atoms with van der Waals surface area (Å²) in [4.78, 5) is 7.78. The van der Waals surface area contributed by atoms with Crippen molar-refractivity contribution in [2.24, 2.45) is 0 Å². The summed E-state index contributed by atoms with van der Waals surface area (Å²) in [7, 11) is 0. The number of hydrogen-bond donors (Lipinski definition) is 0. The second-order valence-corrected chi connectivity index (χ2v) is 16.8. The molecular weight excluding hydrogens is 881 g/mol. The molecule has 10 aromatic rings. The van der Waals surface area contributed by atoms with Crippen LogP contribution in [0.15, 0.2) is 238 Å². The first-order chi connectivity index (χ1) is 35.3. The van der Waals surface area contributed by atoms with Crippen molar-refractivity contribution in [2.75, 3.05) is 9.80 Å². The van der Waals surface area contributed by atoms with E-state index >= 15 is 0 Å². The molecule has 352 valence electrons. The third kappa shape index (κ3) is 9.62. The van der Waals surface area contributed by atoms with E-state index in [1.165, 1.54) is 5.56 Å². The molecule has 0 atom stereocenters. The Kier molecular flexibility index (Phi) is 14.2. The Morgan fingerprint density at radius 1 is 0.500 bits per heavy atom. The van der Waals surface area contributed by atoms with Gasteiger partial charge in [-0.2, -0.15) is 9.59 Å². The van der Waals surface area contributed by atoms with Crippen LogP contribution in [0.4, 0.5) is 22.7 Å². The summed E-state index contributed by atoms with van der Waals surface area (Å²) >= 11 is 0. The largest absolute Gasteiger partial charge is 0.310 e.